The molecule has 1 aromatic carbocycles. The van der Waals surface area contributed by atoms with Crippen molar-refractivity contribution < 1.29 is 4.79 Å². The normalized spacial score (nSPS) is 15.2. The van der Waals surface area contributed by atoms with Crippen LogP contribution in [0.2, 0.25) is 5.02 Å². The first-order valence-electron chi connectivity index (χ1n) is 8.59. The van der Waals surface area contributed by atoms with E-state index in [1.165, 1.54) is 5.56 Å². The number of hydrogen-bond acceptors (Lipinski definition) is 3. The summed E-state index contributed by atoms with van der Waals surface area (Å²) in [6.45, 7) is 4.87. The minimum absolute atomic E-state index is 0.00112. The Morgan fingerprint density at radius 2 is 1.84 bits per heavy atom. The van der Waals surface area contributed by atoms with Crippen molar-refractivity contribution in [3.8, 4) is 0 Å². The van der Waals surface area contributed by atoms with Crippen molar-refractivity contribution in [3.63, 3.8) is 0 Å². The predicted molar refractivity (Wildman–Crippen MR) is 99.6 cm³/mol. The Morgan fingerprint density at radius 3 is 2.52 bits per heavy atom. The van der Waals surface area contributed by atoms with Crippen molar-refractivity contribution >= 4 is 17.6 Å². The van der Waals surface area contributed by atoms with Gasteiger partial charge in [-0.3, -0.25) is 9.88 Å². The summed E-state index contributed by atoms with van der Waals surface area (Å²) in [6, 6.07) is 11.8. The minimum atomic E-state index is 0.00112. The molecule has 0 radical (unpaired) electrons. The van der Waals surface area contributed by atoms with Gasteiger partial charge in [0, 0.05) is 56.7 Å². The fourth-order valence-electron chi connectivity index (χ4n) is 2.91. The van der Waals surface area contributed by atoms with E-state index < -0.39 is 0 Å². The van der Waals surface area contributed by atoms with Crippen molar-refractivity contribution in [1.29, 1.82) is 0 Å². The summed E-state index contributed by atoms with van der Waals surface area (Å²) in [7, 11) is 0. The Balaban J connectivity index is 1.37. The van der Waals surface area contributed by atoms with Gasteiger partial charge in [-0.05, 0) is 35.7 Å². The molecule has 3 rings (SSSR count). The molecule has 0 spiro atoms. The van der Waals surface area contributed by atoms with Gasteiger partial charge in [0.1, 0.15) is 0 Å². The topological polar surface area (TPSA) is 48.5 Å². The molecule has 0 atom stereocenters. The molecule has 2 aromatic rings. The SMILES string of the molecule is O=C(NCc1cccnc1)N1CCN(CCc2ccc(Cl)cc2)CC1. The molecule has 25 heavy (non-hydrogen) atoms. The second kappa shape index (κ2) is 8.83. The average Bonchev–Trinajstić information content (AvgIpc) is 2.67. The number of urea groups is 1. The van der Waals surface area contributed by atoms with Crippen molar-refractivity contribution in [1.82, 2.24) is 20.1 Å². The van der Waals surface area contributed by atoms with Crippen LogP contribution in [0.3, 0.4) is 0 Å². The molecule has 1 aromatic heterocycles. The second-order valence-electron chi connectivity index (χ2n) is 6.23. The number of nitrogens with one attached hydrogen (secondary N) is 1. The molecule has 1 aliphatic rings. The van der Waals surface area contributed by atoms with Crippen LogP contribution in [0, 0.1) is 0 Å². The maximum Gasteiger partial charge on any atom is 0.317 e. The van der Waals surface area contributed by atoms with Crippen LogP contribution < -0.4 is 5.32 Å². The lowest BCUT2D eigenvalue weighted by Crippen LogP contribution is -2.51. The summed E-state index contributed by atoms with van der Waals surface area (Å²) in [6.07, 6.45) is 4.51. The van der Waals surface area contributed by atoms with Crippen LogP contribution in [0.15, 0.2) is 48.8 Å². The highest BCUT2D eigenvalue weighted by Crippen LogP contribution is 2.11. The summed E-state index contributed by atoms with van der Waals surface area (Å²) < 4.78 is 0. The van der Waals surface area contributed by atoms with Crippen LogP contribution in [-0.4, -0.2) is 53.5 Å². The van der Waals surface area contributed by atoms with Gasteiger partial charge in [0.15, 0.2) is 0 Å². The highest BCUT2D eigenvalue weighted by molar-refractivity contribution is 6.30. The number of halogens is 1. The number of hydrogen-bond donors (Lipinski definition) is 1. The van der Waals surface area contributed by atoms with Gasteiger partial charge >= 0.3 is 6.03 Å². The van der Waals surface area contributed by atoms with E-state index in [1.807, 2.05) is 29.2 Å². The molecular weight excluding hydrogens is 336 g/mol. The van der Waals surface area contributed by atoms with Gasteiger partial charge in [0.05, 0.1) is 0 Å². The summed E-state index contributed by atoms with van der Waals surface area (Å²) in [4.78, 5) is 20.6. The lowest BCUT2D eigenvalue weighted by atomic mass is 10.1. The van der Waals surface area contributed by atoms with E-state index in [0.717, 1.165) is 49.7 Å². The van der Waals surface area contributed by atoms with Crippen LogP contribution in [0.25, 0.3) is 0 Å². The van der Waals surface area contributed by atoms with Crippen LogP contribution in [0.4, 0.5) is 4.79 Å². The van der Waals surface area contributed by atoms with Crippen molar-refractivity contribution in [2.24, 2.45) is 0 Å². The third-order valence-corrected chi connectivity index (χ3v) is 4.71. The number of carbonyl (C=O) groups excluding carboxylic acids is 1. The Bertz CT molecular complexity index is 670. The number of piperazine rings is 1. The standard InChI is InChI=1S/C19H23ClN4O/c20-18-5-3-16(4-6-18)7-9-23-10-12-24(13-11-23)19(25)22-15-17-2-1-8-21-14-17/h1-6,8,14H,7,9-13,15H2,(H,22,25). The molecule has 0 bridgehead atoms. The third-order valence-electron chi connectivity index (χ3n) is 4.46. The maximum absolute atomic E-state index is 12.3. The monoisotopic (exact) mass is 358 g/mol. The van der Waals surface area contributed by atoms with Crippen molar-refractivity contribution in [3.05, 3.63) is 64.9 Å². The molecule has 0 aliphatic carbocycles. The first-order valence-corrected chi connectivity index (χ1v) is 8.97. The smallest absolute Gasteiger partial charge is 0.317 e. The van der Waals surface area contributed by atoms with Crippen LogP contribution in [0.1, 0.15) is 11.1 Å². The molecule has 1 N–H and O–H groups in total. The number of benzene rings is 1. The van der Waals surface area contributed by atoms with Gasteiger partial charge in [-0.15, -0.1) is 0 Å². The molecule has 0 unspecified atom stereocenters. The number of pyridine rings is 1. The number of nitrogens with zero attached hydrogens (tertiary/aromatic N) is 3. The van der Waals surface area contributed by atoms with E-state index >= 15 is 0 Å². The predicted octanol–water partition coefficient (Wildman–Crippen LogP) is 2.80. The fourth-order valence-corrected chi connectivity index (χ4v) is 3.03. The summed E-state index contributed by atoms with van der Waals surface area (Å²) in [5.74, 6) is 0. The van der Waals surface area contributed by atoms with E-state index in [0.29, 0.717) is 6.54 Å². The van der Waals surface area contributed by atoms with Gasteiger partial charge < -0.3 is 10.2 Å². The van der Waals surface area contributed by atoms with Gasteiger partial charge in [-0.25, -0.2) is 4.79 Å². The quantitative estimate of drug-likeness (QED) is 0.894. The highest BCUT2D eigenvalue weighted by Gasteiger charge is 2.20. The average molecular weight is 359 g/mol. The fraction of sp³-hybridized carbons (Fsp3) is 0.368. The molecule has 1 aliphatic heterocycles. The van der Waals surface area contributed by atoms with Crippen LogP contribution in [0.5, 0.6) is 0 Å². The van der Waals surface area contributed by atoms with E-state index in [-0.39, 0.29) is 6.03 Å². The summed E-state index contributed by atoms with van der Waals surface area (Å²) in [5.41, 5.74) is 2.30. The molecule has 1 fully saturated rings. The van der Waals surface area contributed by atoms with Crippen LogP contribution in [-0.2, 0) is 13.0 Å². The van der Waals surface area contributed by atoms with Gasteiger partial charge in [0.2, 0.25) is 0 Å². The Hall–Kier alpha value is -2.11. The van der Waals surface area contributed by atoms with Gasteiger partial charge in [-0.2, -0.15) is 0 Å². The van der Waals surface area contributed by atoms with Crippen LogP contribution >= 0.6 is 11.6 Å². The molecule has 0 saturated carbocycles. The molecule has 6 heteroatoms. The van der Waals surface area contributed by atoms with E-state index in [4.69, 9.17) is 11.6 Å². The lowest BCUT2D eigenvalue weighted by Gasteiger charge is -2.34. The lowest BCUT2D eigenvalue weighted by molar-refractivity contribution is 0.140. The van der Waals surface area contributed by atoms with E-state index in [9.17, 15) is 4.79 Å². The molecule has 1 saturated heterocycles. The summed E-state index contributed by atoms with van der Waals surface area (Å²) in [5, 5.41) is 3.74. The largest absolute Gasteiger partial charge is 0.334 e. The highest BCUT2D eigenvalue weighted by atomic mass is 35.5. The minimum Gasteiger partial charge on any atom is -0.334 e. The molecule has 132 valence electrons. The molecule has 2 amide bonds. The van der Waals surface area contributed by atoms with E-state index in [2.05, 4.69) is 27.3 Å². The summed E-state index contributed by atoms with van der Waals surface area (Å²) >= 11 is 5.91. The van der Waals surface area contributed by atoms with Crippen molar-refractivity contribution in [2.45, 2.75) is 13.0 Å². The molecule has 5 nitrogen and oxygen atoms in total. The van der Waals surface area contributed by atoms with E-state index in [1.54, 1.807) is 12.4 Å². The Kier molecular flexibility index (Phi) is 6.25. The number of rotatable bonds is 5. The maximum atomic E-state index is 12.3. The number of carbonyl (C=O) groups is 1. The third kappa shape index (κ3) is 5.44. The van der Waals surface area contributed by atoms with Gasteiger partial charge in [0.25, 0.3) is 0 Å². The van der Waals surface area contributed by atoms with Gasteiger partial charge in [-0.1, -0.05) is 29.8 Å². The first-order chi connectivity index (χ1) is 12.2. The molecular formula is C19H23ClN4O. The number of amides is 2. The first kappa shape index (κ1) is 17.7. The number of aromatic nitrogens is 1. The Morgan fingerprint density at radius 1 is 1.08 bits per heavy atom. The molecule has 2 heterocycles. The Labute approximate surface area is 153 Å². The zero-order valence-corrected chi connectivity index (χ0v) is 15.0. The van der Waals surface area contributed by atoms with Crippen molar-refractivity contribution in [2.75, 3.05) is 32.7 Å². The zero-order chi connectivity index (χ0) is 17.5. The second-order valence-corrected chi connectivity index (χ2v) is 6.66. The zero-order valence-electron chi connectivity index (χ0n) is 14.2.